The predicted molar refractivity (Wildman–Crippen MR) is 142 cm³/mol. The number of halogens is 1. The van der Waals surface area contributed by atoms with Crippen molar-refractivity contribution < 1.29 is 22.4 Å². The maximum atomic E-state index is 13.5. The molecule has 10 heteroatoms. The quantitative estimate of drug-likeness (QED) is 0.312. The Morgan fingerprint density at radius 3 is 2.41 bits per heavy atom. The summed E-state index contributed by atoms with van der Waals surface area (Å²) in [5, 5.41) is 5.81. The topological polar surface area (TPSA) is 109 Å². The molecule has 0 aliphatic carbocycles. The summed E-state index contributed by atoms with van der Waals surface area (Å²) in [4.78, 5) is 25.9. The first kappa shape index (κ1) is 26.0. The van der Waals surface area contributed by atoms with E-state index in [1.54, 1.807) is 54.6 Å². The van der Waals surface area contributed by atoms with Crippen LogP contribution < -0.4 is 14.9 Å². The Labute approximate surface area is 219 Å². The lowest BCUT2D eigenvalue weighted by atomic mass is 10.1. The zero-order chi connectivity index (χ0) is 26.4. The highest BCUT2D eigenvalue weighted by Gasteiger charge is 2.28. The van der Waals surface area contributed by atoms with Gasteiger partial charge in [-0.25, -0.2) is 8.42 Å². The Hall–Kier alpha value is -4.08. The van der Waals surface area contributed by atoms with E-state index in [1.807, 2.05) is 13.0 Å². The van der Waals surface area contributed by atoms with Gasteiger partial charge in [-0.2, -0.15) is 0 Å². The van der Waals surface area contributed by atoms with Crippen molar-refractivity contribution in [2.45, 2.75) is 18.4 Å². The number of carbonyl (C=O) groups is 2. The molecule has 1 heterocycles. The minimum atomic E-state index is -4.11. The smallest absolute Gasteiger partial charge is 0.264 e. The van der Waals surface area contributed by atoms with Gasteiger partial charge in [-0.15, -0.1) is 0 Å². The van der Waals surface area contributed by atoms with Gasteiger partial charge in [-0.05, 0) is 73.2 Å². The molecule has 0 fully saturated rings. The van der Waals surface area contributed by atoms with Crippen molar-refractivity contribution in [2.75, 3.05) is 16.2 Å². The third-order valence-corrected chi connectivity index (χ3v) is 7.47. The van der Waals surface area contributed by atoms with E-state index in [1.165, 1.54) is 30.5 Å². The van der Waals surface area contributed by atoms with Crippen molar-refractivity contribution in [2.24, 2.45) is 0 Å². The maximum absolute atomic E-state index is 13.5. The summed E-state index contributed by atoms with van der Waals surface area (Å²) >= 11 is 5.94. The molecule has 0 unspecified atom stereocenters. The molecule has 0 aliphatic rings. The summed E-state index contributed by atoms with van der Waals surface area (Å²) in [6.07, 6.45) is 1.51. The molecule has 3 aromatic carbocycles. The fraction of sp³-hybridized carbons (Fsp3) is 0.111. The molecular weight excluding hydrogens is 514 g/mol. The van der Waals surface area contributed by atoms with Gasteiger partial charge in [0.15, 0.2) is 0 Å². The van der Waals surface area contributed by atoms with Crippen LogP contribution in [0.25, 0.3) is 0 Å². The number of aryl methyl sites for hydroxylation is 1. The molecule has 0 saturated carbocycles. The normalized spacial score (nSPS) is 11.1. The van der Waals surface area contributed by atoms with Crippen LogP contribution in [0.5, 0.6) is 0 Å². The molecule has 0 aliphatic heterocycles. The van der Waals surface area contributed by atoms with E-state index >= 15 is 0 Å². The van der Waals surface area contributed by atoms with E-state index in [0.29, 0.717) is 16.5 Å². The lowest BCUT2D eigenvalue weighted by molar-refractivity contribution is -0.114. The van der Waals surface area contributed by atoms with Gasteiger partial charge in [-0.3, -0.25) is 13.9 Å². The predicted octanol–water partition coefficient (Wildman–Crippen LogP) is 5.01. The third-order valence-electron chi connectivity index (χ3n) is 5.43. The van der Waals surface area contributed by atoms with Gasteiger partial charge in [0.05, 0.1) is 34.6 Å². The highest BCUT2D eigenvalue weighted by atomic mass is 35.5. The van der Waals surface area contributed by atoms with Crippen molar-refractivity contribution in [3.05, 3.63) is 113 Å². The summed E-state index contributed by atoms with van der Waals surface area (Å²) < 4.78 is 33.3. The molecule has 190 valence electrons. The highest BCUT2D eigenvalue weighted by Crippen LogP contribution is 2.26. The first-order chi connectivity index (χ1) is 17.7. The van der Waals surface area contributed by atoms with Crippen LogP contribution in [-0.2, 0) is 21.4 Å². The van der Waals surface area contributed by atoms with E-state index in [2.05, 4.69) is 10.6 Å². The lowest BCUT2D eigenvalue weighted by Crippen LogP contribution is -2.38. The molecule has 2 N–H and O–H groups in total. The van der Waals surface area contributed by atoms with Gasteiger partial charge >= 0.3 is 0 Å². The minimum Gasteiger partial charge on any atom is -0.467 e. The van der Waals surface area contributed by atoms with Crippen LogP contribution in [0.4, 0.5) is 11.4 Å². The molecular formula is C27H24ClN3O5S. The van der Waals surface area contributed by atoms with E-state index in [-0.39, 0.29) is 22.7 Å². The van der Waals surface area contributed by atoms with Crippen LogP contribution in [0.15, 0.2) is 101 Å². The standard InChI is InChI=1S/C27H24ClN3O5S/c1-19-6-4-7-21(16-19)31(37(34,35)23-13-11-20(28)12-14-23)18-26(32)30-25-10-3-2-9-24(25)27(33)29-17-22-8-5-15-36-22/h2-16H,17-18H2,1H3,(H,29,33)(H,30,32). The summed E-state index contributed by atoms with van der Waals surface area (Å²) in [7, 11) is -4.11. The molecule has 2 amide bonds. The second kappa shape index (κ2) is 11.3. The van der Waals surface area contributed by atoms with Crippen molar-refractivity contribution in [1.82, 2.24) is 5.32 Å². The number of furan rings is 1. The second-order valence-electron chi connectivity index (χ2n) is 8.16. The molecule has 4 rings (SSSR count). The molecule has 0 bridgehead atoms. The molecule has 0 radical (unpaired) electrons. The zero-order valence-electron chi connectivity index (χ0n) is 19.8. The van der Waals surface area contributed by atoms with Crippen LogP contribution in [0.2, 0.25) is 5.02 Å². The second-order valence-corrected chi connectivity index (χ2v) is 10.5. The molecule has 1 aromatic heterocycles. The number of sulfonamides is 1. The Morgan fingerprint density at radius 2 is 1.70 bits per heavy atom. The lowest BCUT2D eigenvalue weighted by Gasteiger charge is -2.24. The van der Waals surface area contributed by atoms with Crippen LogP contribution in [0.3, 0.4) is 0 Å². The minimum absolute atomic E-state index is 0.0103. The average Bonchev–Trinajstić information content (AvgIpc) is 3.40. The van der Waals surface area contributed by atoms with Crippen LogP contribution >= 0.6 is 11.6 Å². The first-order valence-electron chi connectivity index (χ1n) is 11.3. The number of amides is 2. The number of nitrogens with one attached hydrogen (secondary N) is 2. The summed E-state index contributed by atoms with van der Waals surface area (Å²) in [6, 6.07) is 22.5. The molecule has 0 saturated heterocycles. The number of benzene rings is 3. The maximum Gasteiger partial charge on any atom is 0.264 e. The Kier molecular flexibility index (Phi) is 7.95. The number of nitrogens with zero attached hydrogens (tertiary/aromatic N) is 1. The van der Waals surface area contributed by atoms with Gasteiger partial charge in [-0.1, -0.05) is 35.9 Å². The summed E-state index contributed by atoms with van der Waals surface area (Å²) in [6.45, 7) is 1.49. The third kappa shape index (κ3) is 6.38. The number of rotatable bonds is 9. The largest absolute Gasteiger partial charge is 0.467 e. The number of para-hydroxylation sites is 1. The summed E-state index contributed by atoms with van der Waals surface area (Å²) in [5.74, 6) is -0.460. The van der Waals surface area contributed by atoms with Crippen molar-refractivity contribution in [3.8, 4) is 0 Å². The number of carbonyl (C=O) groups excluding carboxylic acids is 2. The van der Waals surface area contributed by atoms with E-state index < -0.39 is 28.4 Å². The average molecular weight is 538 g/mol. The number of hydrogen-bond acceptors (Lipinski definition) is 5. The Morgan fingerprint density at radius 1 is 0.946 bits per heavy atom. The molecule has 37 heavy (non-hydrogen) atoms. The fourth-order valence-electron chi connectivity index (χ4n) is 3.62. The zero-order valence-corrected chi connectivity index (χ0v) is 21.4. The highest BCUT2D eigenvalue weighted by molar-refractivity contribution is 7.92. The van der Waals surface area contributed by atoms with Crippen molar-refractivity contribution in [1.29, 1.82) is 0 Å². The van der Waals surface area contributed by atoms with Gasteiger partial charge in [0.25, 0.3) is 15.9 Å². The molecule has 0 spiro atoms. The van der Waals surface area contributed by atoms with Gasteiger partial charge in [0.1, 0.15) is 12.3 Å². The fourth-order valence-corrected chi connectivity index (χ4v) is 5.16. The van der Waals surface area contributed by atoms with E-state index in [9.17, 15) is 18.0 Å². The van der Waals surface area contributed by atoms with Crippen LogP contribution in [0, 0.1) is 6.92 Å². The van der Waals surface area contributed by atoms with Crippen LogP contribution in [0.1, 0.15) is 21.7 Å². The molecule has 8 nitrogen and oxygen atoms in total. The molecule has 4 aromatic rings. The van der Waals surface area contributed by atoms with E-state index in [0.717, 1.165) is 9.87 Å². The van der Waals surface area contributed by atoms with Crippen LogP contribution in [-0.4, -0.2) is 26.8 Å². The van der Waals surface area contributed by atoms with Gasteiger partial charge in [0.2, 0.25) is 5.91 Å². The van der Waals surface area contributed by atoms with Crippen molar-refractivity contribution >= 4 is 44.8 Å². The van der Waals surface area contributed by atoms with Crippen molar-refractivity contribution in [3.63, 3.8) is 0 Å². The molecule has 0 atom stereocenters. The summed E-state index contributed by atoms with van der Waals surface area (Å²) in [5.41, 5.74) is 1.63. The first-order valence-corrected chi connectivity index (χ1v) is 13.1. The van der Waals surface area contributed by atoms with Gasteiger partial charge < -0.3 is 15.1 Å². The Balaban J connectivity index is 1.57. The van der Waals surface area contributed by atoms with E-state index in [4.69, 9.17) is 16.0 Å². The number of anilines is 2. The Bertz CT molecular complexity index is 1500. The SMILES string of the molecule is Cc1cccc(N(CC(=O)Nc2ccccc2C(=O)NCc2ccco2)S(=O)(=O)c2ccc(Cl)cc2)c1. The number of hydrogen-bond donors (Lipinski definition) is 2. The monoisotopic (exact) mass is 537 g/mol. The van der Waals surface area contributed by atoms with Gasteiger partial charge in [0, 0.05) is 5.02 Å².